The Labute approximate surface area is 164 Å². The maximum Gasteiger partial charge on any atom is 0.245 e. The predicted molar refractivity (Wildman–Crippen MR) is 107 cm³/mol. The number of nitrogens with zero attached hydrogens (tertiary/aromatic N) is 1. The molecule has 0 radical (unpaired) electrons. The second kappa shape index (κ2) is 8.75. The van der Waals surface area contributed by atoms with E-state index >= 15 is 0 Å². The minimum absolute atomic E-state index is 0.144. The molecule has 0 unspecified atom stereocenters. The van der Waals surface area contributed by atoms with Gasteiger partial charge in [-0.25, -0.2) is 8.42 Å². The second-order valence-corrected chi connectivity index (χ2v) is 7.90. The molecule has 150 valence electrons. The lowest BCUT2D eigenvalue weighted by Gasteiger charge is -2.24. The fourth-order valence-electron chi connectivity index (χ4n) is 2.52. The van der Waals surface area contributed by atoms with Crippen molar-refractivity contribution in [2.45, 2.75) is 6.92 Å². The highest BCUT2D eigenvalue weighted by atomic mass is 32.2. The Morgan fingerprint density at radius 1 is 1.07 bits per heavy atom. The number of rotatable bonds is 8. The molecule has 0 aromatic heterocycles. The van der Waals surface area contributed by atoms with Gasteiger partial charge in [0.15, 0.2) is 5.78 Å². The number of hydrogen-bond donors (Lipinski definition) is 1. The summed E-state index contributed by atoms with van der Waals surface area (Å²) in [5, 5.41) is 2.61. The molecule has 1 N–H and O–H groups in total. The first-order chi connectivity index (χ1) is 13.2. The minimum atomic E-state index is -3.80. The molecule has 8 nitrogen and oxygen atoms in total. The van der Waals surface area contributed by atoms with Crippen molar-refractivity contribution < 1.29 is 27.5 Å². The Balaban J connectivity index is 2.32. The summed E-state index contributed by atoms with van der Waals surface area (Å²) in [4.78, 5) is 24.0. The number of methoxy groups -OCH3 is 2. The van der Waals surface area contributed by atoms with E-state index in [4.69, 9.17) is 9.47 Å². The predicted octanol–water partition coefficient (Wildman–Crippen LogP) is 2.31. The van der Waals surface area contributed by atoms with Gasteiger partial charge in [-0.2, -0.15) is 0 Å². The van der Waals surface area contributed by atoms with Gasteiger partial charge in [0.2, 0.25) is 15.9 Å². The lowest BCUT2D eigenvalue weighted by atomic mass is 10.1. The quantitative estimate of drug-likeness (QED) is 0.675. The molecular weight excluding hydrogens is 384 g/mol. The molecule has 0 aliphatic heterocycles. The van der Waals surface area contributed by atoms with Crippen LogP contribution in [0.1, 0.15) is 17.3 Å². The van der Waals surface area contributed by atoms with Gasteiger partial charge in [-0.3, -0.25) is 13.9 Å². The van der Waals surface area contributed by atoms with Gasteiger partial charge in [-0.15, -0.1) is 0 Å². The van der Waals surface area contributed by atoms with Crippen LogP contribution in [0.15, 0.2) is 42.5 Å². The zero-order chi connectivity index (χ0) is 20.9. The third-order valence-corrected chi connectivity index (χ3v) is 5.02. The minimum Gasteiger partial charge on any atom is -0.497 e. The highest BCUT2D eigenvalue weighted by molar-refractivity contribution is 7.92. The maximum absolute atomic E-state index is 12.5. The van der Waals surface area contributed by atoms with Crippen molar-refractivity contribution in [1.82, 2.24) is 0 Å². The Hall–Kier alpha value is -3.07. The first-order valence-corrected chi connectivity index (χ1v) is 10.1. The van der Waals surface area contributed by atoms with Crippen molar-refractivity contribution >= 4 is 33.1 Å². The molecular formula is C19H22N2O6S. The van der Waals surface area contributed by atoms with Gasteiger partial charge in [0.25, 0.3) is 0 Å². The van der Waals surface area contributed by atoms with Gasteiger partial charge in [0, 0.05) is 17.3 Å². The van der Waals surface area contributed by atoms with E-state index in [2.05, 4.69) is 5.32 Å². The van der Waals surface area contributed by atoms with E-state index in [1.54, 1.807) is 30.3 Å². The molecule has 0 saturated heterocycles. The first kappa shape index (κ1) is 21.2. The standard InChI is InChI=1S/C19H22N2O6S/c1-13(22)14-6-5-7-15(10-14)20-19(23)12-21(28(4,24)25)17-11-16(26-2)8-9-18(17)27-3/h5-11H,12H2,1-4H3,(H,20,23). The van der Waals surface area contributed by atoms with Crippen LogP contribution in [0.5, 0.6) is 11.5 Å². The normalized spacial score (nSPS) is 10.9. The van der Waals surface area contributed by atoms with Gasteiger partial charge in [-0.1, -0.05) is 12.1 Å². The van der Waals surface area contributed by atoms with Crippen molar-refractivity contribution in [2.75, 3.05) is 36.6 Å². The van der Waals surface area contributed by atoms with Crippen LogP contribution in [0.3, 0.4) is 0 Å². The van der Waals surface area contributed by atoms with E-state index in [1.165, 1.54) is 33.3 Å². The Morgan fingerprint density at radius 2 is 1.79 bits per heavy atom. The van der Waals surface area contributed by atoms with Crippen molar-refractivity contribution in [3.63, 3.8) is 0 Å². The number of amides is 1. The second-order valence-electron chi connectivity index (χ2n) is 5.99. The number of nitrogens with one attached hydrogen (secondary N) is 1. The van der Waals surface area contributed by atoms with E-state index < -0.39 is 22.5 Å². The zero-order valence-electron chi connectivity index (χ0n) is 16.1. The average molecular weight is 406 g/mol. The maximum atomic E-state index is 12.5. The largest absolute Gasteiger partial charge is 0.497 e. The highest BCUT2D eigenvalue weighted by Gasteiger charge is 2.24. The summed E-state index contributed by atoms with van der Waals surface area (Å²) in [6, 6.07) is 11.0. The molecule has 0 aliphatic carbocycles. The molecule has 0 fully saturated rings. The van der Waals surface area contributed by atoms with Crippen molar-refractivity contribution in [2.24, 2.45) is 0 Å². The van der Waals surface area contributed by atoms with Crippen molar-refractivity contribution in [3.8, 4) is 11.5 Å². The van der Waals surface area contributed by atoms with Crippen LogP contribution in [0.2, 0.25) is 0 Å². The van der Waals surface area contributed by atoms with Crippen LogP contribution in [-0.4, -0.2) is 47.1 Å². The fraction of sp³-hybridized carbons (Fsp3) is 0.263. The molecule has 9 heteroatoms. The summed E-state index contributed by atoms with van der Waals surface area (Å²) < 4.78 is 36.0. The van der Waals surface area contributed by atoms with E-state index in [0.29, 0.717) is 17.0 Å². The summed E-state index contributed by atoms with van der Waals surface area (Å²) in [6.07, 6.45) is 0.996. The third-order valence-electron chi connectivity index (χ3n) is 3.90. The summed E-state index contributed by atoms with van der Waals surface area (Å²) >= 11 is 0. The third kappa shape index (κ3) is 5.23. The van der Waals surface area contributed by atoms with Crippen molar-refractivity contribution in [3.05, 3.63) is 48.0 Å². The molecule has 2 aromatic rings. The van der Waals surface area contributed by atoms with Gasteiger partial charge >= 0.3 is 0 Å². The Morgan fingerprint density at radius 3 is 2.36 bits per heavy atom. The number of carbonyl (C=O) groups excluding carboxylic acids is 2. The lowest BCUT2D eigenvalue weighted by molar-refractivity contribution is -0.114. The Kier molecular flexibility index (Phi) is 6.63. The van der Waals surface area contributed by atoms with E-state index in [0.717, 1.165) is 10.6 Å². The van der Waals surface area contributed by atoms with Crippen LogP contribution in [0.25, 0.3) is 0 Å². The molecule has 28 heavy (non-hydrogen) atoms. The molecule has 0 bridgehead atoms. The summed E-state index contributed by atoms with van der Waals surface area (Å²) in [6.45, 7) is 0.939. The number of ether oxygens (including phenoxy) is 2. The zero-order valence-corrected chi connectivity index (χ0v) is 16.9. The van der Waals surface area contributed by atoms with Crippen molar-refractivity contribution in [1.29, 1.82) is 0 Å². The van der Waals surface area contributed by atoms with Crippen LogP contribution in [0.4, 0.5) is 11.4 Å². The van der Waals surface area contributed by atoms with E-state index in [9.17, 15) is 18.0 Å². The van der Waals surface area contributed by atoms with Gasteiger partial charge < -0.3 is 14.8 Å². The monoisotopic (exact) mass is 406 g/mol. The van der Waals surface area contributed by atoms with Gasteiger partial charge in [-0.05, 0) is 31.2 Å². The van der Waals surface area contributed by atoms with Crippen LogP contribution in [0, 0.1) is 0 Å². The Bertz CT molecular complexity index is 988. The average Bonchev–Trinajstić information content (AvgIpc) is 2.64. The molecule has 2 aromatic carbocycles. The molecule has 1 amide bonds. The number of ketones is 1. The highest BCUT2D eigenvalue weighted by Crippen LogP contribution is 2.33. The van der Waals surface area contributed by atoms with Crippen LogP contribution in [-0.2, 0) is 14.8 Å². The number of sulfonamides is 1. The molecule has 0 saturated carbocycles. The SMILES string of the molecule is COc1ccc(OC)c(N(CC(=O)Nc2cccc(C(C)=O)c2)S(C)(=O)=O)c1. The lowest BCUT2D eigenvalue weighted by Crippen LogP contribution is -2.37. The summed E-state index contributed by atoms with van der Waals surface area (Å²) in [5.74, 6) is -0.0254. The number of Topliss-reactive ketones (excluding diaryl/α,β-unsaturated/α-hetero) is 1. The molecule has 0 atom stereocenters. The van der Waals surface area contributed by atoms with E-state index in [1.807, 2.05) is 0 Å². The first-order valence-electron chi connectivity index (χ1n) is 8.26. The number of hydrogen-bond acceptors (Lipinski definition) is 6. The van der Waals surface area contributed by atoms with Gasteiger partial charge in [0.05, 0.1) is 26.2 Å². The molecule has 0 aliphatic rings. The summed E-state index contributed by atoms with van der Waals surface area (Å²) in [5.41, 5.74) is 1.01. The molecule has 2 rings (SSSR count). The topological polar surface area (TPSA) is 102 Å². The number of benzene rings is 2. The van der Waals surface area contributed by atoms with Gasteiger partial charge in [0.1, 0.15) is 18.0 Å². The number of carbonyl (C=O) groups is 2. The smallest absolute Gasteiger partial charge is 0.245 e. The van der Waals surface area contributed by atoms with Crippen LogP contribution >= 0.6 is 0 Å². The van der Waals surface area contributed by atoms with Crippen LogP contribution < -0.4 is 19.1 Å². The fourth-order valence-corrected chi connectivity index (χ4v) is 3.37. The number of anilines is 2. The molecule has 0 spiro atoms. The molecule has 0 heterocycles. The van der Waals surface area contributed by atoms with E-state index in [-0.39, 0.29) is 17.2 Å². The summed E-state index contributed by atoms with van der Waals surface area (Å²) in [7, 11) is -0.950.